The lowest BCUT2D eigenvalue weighted by atomic mass is 10.1. The molecule has 3 rings (SSSR count). The second-order valence-electron chi connectivity index (χ2n) is 6.31. The zero-order valence-electron chi connectivity index (χ0n) is 14.6. The fourth-order valence-corrected chi connectivity index (χ4v) is 4.91. The lowest BCUT2D eigenvalue weighted by Gasteiger charge is -2.42. The molecule has 1 fully saturated rings. The highest BCUT2D eigenvalue weighted by atomic mass is 35.5. The summed E-state index contributed by atoms with van der Waals surface area (Å²) in [5.74, 6) is 0. The Kier molecular flexibility index (Phi) is 5.38. The summed E-state index contributed by atoms with van der Waals surface area (Å²) < 4.78 is 27.3. The molecule has 0 amide bonds. The first-order valence-corrected chi connectivity index (χ1v) is 10.4. The number of halogens is 2. The van der Waals surface area contributed by atoms with Gasteiger partial charge in [0.15, 0.2) is 0 Å². The third kappa shape index (κ3) is 3.77. The Morgan fingerprint density at radius 1 is 1.19 bits per heavy atom. The minimum atomic E-state index is -3.71. The van der Waals surface area contributed by atoms with Crippen molar-refractivity contribution in [1.29, 1.82) is 5.26 Å². The molecule has 1 heterocycles. The molecule has 1 aliphatic heterocycles. The topological polar surface area (TPSA) is 64.4 Å². The van der Waals surface area contributed by atoms with E-state index < -0.39 is 10.0 Å². The van der Waals surface area contributed by atoms with E-state index in [-0.39, 0.29) is 17.5 Å². The Morgan fingerprint density at radius 3 is 2.44 bits per heavy atom. The molecular weight excluding hydrogens is 405 g/mol. The van der Waals surface area contributed by atoms with Crippen LogP contribution in [0.2, 0.25) is 10.0 Å². The largest absolute Gasteiger partial charge is 0.361 e. The molecule has 5 nitrogen and oxygen atoms in total. The number of sulfonamides is 1. The summed E-state index contributed by atoms with van der Waals surface area (Å²) in [4.78, 5) is 2.19. The fourth-order valence-electron chi connectivity index (χ4n) is 3.02. The van der Waals surface area contributed by atoms with Crippen molar-refractivity contribution in [3.05, 3.63) is 70.3 Å². The predicted octanol–water partition coefficient (Wildman–Crippen LogP) is 4.28. The maximum absolute atomic E-state index is 13.0. The molecule has 8 heteroatoms. The minimum absolute atomic E-state index is 0.110. The summed E-state index contributed by atoms with van der Waals surface area (Å²) in [5, 5.41) is 9.86. The predicted molar refractivity (Wildman–Crippen MR) is 107 cm³/mol. The highest BCUT2D eigenvalue weighted by Crippen LogP contribution is 2.31. The van der Waals surface area contributed by atoms with Gasteiger partial charge in [0.05, 0.1) is 28.6 Å². The summed E-state index contributed by atoms with van der Waals surface area (Å²) in [6, 6.07) is 13.2. The molecule has 0 saturated carbocycles. The van der Waals surface area contributed by atoms with Crippen LogP contribution in [0, 0.1) is 11.3 Å². The number of anilines is 1. The van der Waals surface area contributed by atoms with Crippen LogP contribution in [0.3, 0.4) is 0 Å². The van der Waals surface area contributed by atoms with Crippen LogP contribution >= 0.6 is 23.2 Å². The lowest BCUT2D eigenvalue weighted by molar-refractivity contribution is 0.397. The highest BCUT2D eigenvalue weighted by Gasteiger charge is 2.34. The van der Waals surface area contributed by atoms with E-state index in [0.29, 0.717) is 27.9 Å². The van der Waals surface area contributed by atoms with Gasteiger partial charge >= 0.3 is 0 Å². The number of nitriles is 1. The zero-order chi connectivity index (χ0) is 19.8. The zero-order valence-corrected chi connectivity index (χ0v) is 16.9. The van der Waals surface area contributed by atoms with Crippen molar-refractivity contribution in [2.75, 3.05) is 18.0 Å². The smallest absolute Gasteiger partial charge is 0.264 e. The Morgan fingerprint density at radius 2 is 1.85 bits per heavy atom. The number of hydrogen-bond acceptors (Lipinski definition) is 4. The Balaban J connectivity index is 1.87. The molecule has 1 atom stereocenters. The molecule has 0 unspecified atom stereocenters. The van der Waals surface area contributed by atoms with Gasteiger partial charge < -0.3 is 4.90 Å². The molecule has 0 spiro atoms. The summed E-state index contributed by atoms with van der Waals surface area (Å²) in [5.41, 5.74) is 1.68. The lowest BCUT2D eigenvalue weighted by Crippen LogP contribution is -2.52. The third-order valence-corrected chi connectivity index (χ3v) is 6.89. The molecule has 0 bridgehead atoms. The van der Waals surface area contributed by atoms with Crippen molar-refractivity contribution in [1.82, 2.24) is 4.31 Å². The molecule has 0 N–H and O–H groups in total. The molecule has 1 saturated heterocycles. The van der Waals surface area contributed by atoms with Crippen LogP contribution in [0.15, 0.2) is 59.6 Å². The van der Waals surface area contributed by atoms with E-state index in [4.69, 9.17) is 28.5 Å². The number of hydrogen-bond donors (Lipinski definition) is 0. The monoisotopic (exact) mass is 421 g/mol. The van der Waals surface area contributed by atoms with Crippen molar-refractivity contribution >= 4 is 38.9 Å². The molecule has 2 aromatic rings. The van der Waals surface area contributed by atoms with E-state index in [1.54, 1.807) is 30.3 Å². The number of benzene rings is 2. The van der Waals surface area contributed by atoms with Crippen LogP contribution in [0.4, 0.5) is 5.69 Å². The van der Waals surface area contributed by atoms with E-state index in [1.807, 2.05) is 17.9 Å². The van der Waals surface area contributed by atoms with Gasteiger partial charge in [-0.1, -0.05) is 29.8 Å². The van der Waals surface area contributed by atoms with Crippen LogP contribution in [-0.2, 0) is 10.0 Å². The molecule has 27 heavy (non-hydrogen) atoms. The first-order valence-electron chi connectivity index (χ1n) is 8.16. The quantitative estimate of drug-likeness (QED) is 0.741. The van der Waals surface area contributed by atoms with Gasteiger partial charge in [-0.2, -0.15) is 5.26 Å². The van der Waals surface area contributed by atoms with E-state index in [9.17, 15) is 8.42 Å². The van der Waals surface area contributed by atoms with Crippen molar-refractivity contribution in [2.24, 2.45) is 0 Å². The van der Waals surface area contributed by atoms with Gasteiger partial charge in [0.2, 0.25) is 0 Å². The molecule has 1 aliphatic rings. The van der Waals surface area contributed by atoms with Crippen molar-refractivity contribution < 1.29 is 8.42 Å². The summed E-state index contributed by atoms with van der Waals surface area (Å²) >= 11 is 12.0. The Hall–Kier alpha value is -2.20. The van der Waals surface area contributed by atoms with Gasteiger partial charge in [0.1, 0.15) is 6.07 Å². The van der Waals surface area contributed by atoms with Crippen LogP contribution in [-0.4, -0.2) is 31.9 Å². The minimum Gasteiger partial charge on any atom is -0.361 e. The van der Waals surface area contributed by atoms with Crippen LogP contribution in [0.5, 0.6) is 0 Å². The number of nitrogens with zero attached hydrogens (tertiary/aromatic N) is 3. The van der Waals surface area contributed by atoms with Crippen LogP contribution in [0.25, 0.3) is 0 Å². The maximum atomic E-state index is 13.0. The van der Waals surface area contributed by atoms with E-state index in [1.165, 1.54) is 16.4 Å². The van der Waals surface area contributed by atoms with Gasteiger partial charge in [-0.05, 0) is 49.4 Å². The molecule has 0 radical (unpaired) electrons. The Bertz CT molecular complexity index is 1030. The van der Waals surface area contributed by atoms with Crippen molar-refractivity contribution in [3.8, 4) is 6.07 Å². The number of piperazine rings is 1. The van der Waals surface area contributed by atoms with E-state index in [2.05, 4.69) is 6.58 Å². The maximum Gasteiger partial charge on any atom is 0.264 e. The average Bonchev–Trinajstić information content (AvgIpc) is 2.63. The molecular formula is C19H17Cl2N3O2S. The normalized spacial score (nSPS) is 17.7. The van der Waals surface area contributed by atoms with Crippen LogP contribution < -0.4 is 4.90 Å². The third-order valence-electron chi connectivity index (χ3n) is 4.47. The van der Waals surface area contributed by atoms with Gasteiger partial charge in [-0.25, -0.2) is 8.42 Å². The summed E-state index contributed by atoms with van der Waals surface area (Å²) in [6.07, 6.45) is 0. The molecule has 0 aromatic heterocycles. The van der Waals surface area contributed by atoms with Crippen molar-refractivity contribution in [3.63, 3.8) is 0 Å². The summed E-state index contributed by atoms with van der Waals surface area (Å²) in [7, 11) is -3.71. The fraction of sp³-hybridized carbons (Fsp3) is 0.211. The Labute approximate surface area is 169 Å². The molecule has 2 aromatic carbocycles. The van der Waals surface area contributed by atoms with Gasteiger partial charge in [-0.3, -0.25) is 4.31 Å². The SMILES string of the molecule is C=C1CN(c2ccc(C#N)c(Cl)c2)[C@@H](C)CN1S(=O)(=O)c1ccc(Cl)cc1. The highest BCUT2D eigenvalue weighted by molar-refractivity contribution is 7.89. The van der Waals surface area contributed by atoms with Gasteiger partial charge in [-0.15, -0.1) is 0 Å². The summed E-state index contributed by atoms with van der Waals surface area (Å²) in [6.45, 7) is 6.48. The first kappa shape index (κ1) is 19.6. The van der Waals surface area contributed by atoms with E-state index in [0.717, 1.165) is 5.69 Å². The second kappa shape index (κ2) is 7.43. The molecule has 0 aliphatic carbocycles. The second-order valence-corrected chi connectivity index (χ2v) is 9.02. The van der Waals surface area contributed by atoms with Gasteiger partial charge in [0, 0.05) is 22.4 Å². The number of rotatable bonds is 3. The van der Waals surface area contributed by atoms with E-state index >= 15 is 0 Å². The first-order chi connectivity index (χ1) is 12.7. The average molecular weight is 422 g/mol. The van der Waals surface area contributed by atoms with Gasteiger partial charge in [0.25, 0.3) is 10.0 Å². The van der Waals surface area contributed by atoms with Crippen molar-refractivity contribution in [2.45, 2.75) is 17.9 Å². The van der Waals surface area contributed by atoms with Crippen LogP contribution in [0.1, 0.15) is 12.5 Å². The standard InChI is InChI=1S/C19H17Cl2N3O2S/c1-13-12-24(27(25,26)18-7-4-16(20)5-8-18)14(2)11-23(13)17-6-3-15(10-22)19(21)9-17/h3-9,13H,2,11-12H2,1H3/t13-/m0/s1. The molecule has 140 valence electrons.